The molecule has 31 heavy (non-hydrogen) atoms. The van der Waals surface area contributed by atoms with Crippen LogP contribution in [0.3, 0.4) is 0 Å². The molecular weight excluding hydrogens is 404 g/mol. The van der Waals surface area contributed by atoms with Crippen molar-refractivity contribution in [3.05, 3.63) is 95.0 Å². The van der Waals surface area contributed by atoms with Gasteiger partial charge in [-0.25, -0.2) is 9.97 Å². The maximum atomic E-state index is 6.48. The van der Waals surface area contributed by atoms with Crippen molar-refractivity contribution in [2.45, 2.75) is 13.8 Å². The normalized spacial score (nSPS) is 11.1. The number of para-hydroxylation sites is 2. The van der Waals surface area contributed by atoms with Crippen LogP contribution >= 0.6 is 11.6 Å². The maximum absolute atomic E-state index is 6.48. The van der Waals surface area contributed by atoms with E-state index in [0.29, 0.717) is 5.02 Å². The lowest BCUT2D eigenvalue weighted by atomic mass is 10.1. The largest absolute Gasteiger partial charge is 0.340 e. The van der Waals surface area contributed by atoms with Gasteiger partial charge in [0.1, 0.15) is 11.6 Å². The quantitative estimate of drug-likeness (QED) is 0.313. The Bertz CT molecular complexity index is 1430. The average Bonchev–Trinajstić information content (AvgIpc) is 2.76. The van der Waals surface area contributed by atoms with E-state index < -0.39 is 0 Å². The first kappa shape index (κ1) is 19.3. The van der Waals surface area contributed by atoms with Gasteiger partial charge in [-0.1, -0.05) is 48.0 Å². The lowest BCUT2D eigenvalue weighted by molar-refractivity contribution is 1.33. The highest BCUT2D eigenvalue weighted by Crippen LogP contribution is 2.31. The van der Waals surface area contributed by atoms with Crippen molar-refractivity contribution in [1.29, 1.82) is 0 Å². The molecule has 0 saturated heterocycles. The van der Waals surface area contributed by atoms with Crippen LogP contribution < -0.4 is 10.6 Å². The molecule has 0 fully saturated rings. The van der Waals surface area contributed by atoms with E-state index in [0.717, 1.165) is 50.4 Å². The standard InChI is InChI=1S/C26H21ClN4/c1-16-13-25(29-22-9-5-3-7-19(16)22)28-18-11-12-21(27)24(15-18)31-26-14-17(2)20-8-4-6-10-23(20)30-26/h3-15H,1-2H3,(H,28,29)(H,30,31). The van der Waals surface area contributed by atoms with Crippen LogP contribution in [0.5, 0.6) is 0 Å². The smallest absolute Gasteiger partial charge is 0.131 e. The number of aryl methyl sites for hydroxylation is 2. The van der Waals surface area contributed by atoms with E-state index in [-0.39, 0.29) is 0 Å². The van der Waals surface area contributed by atoms with Gasteiger partial charge in [0.15, 0.2) is 0 Å². The summed E-state index contributed by atoms with van der Waals surface area (Å²) in [7, 11) is 0. The van der Waals surface area contributed by atoms with Crippen LogP contribution in [0.15, 0.2) is 78.9 Å². The van der Waals surface area contributed by atoms with Gasteiger partial charge < -0.3 is 10.6 Å². The summed E-state index contributed by atoms with van der Waals surface area (Å²) in [5.74, 6) is 1.55. The predicted octanol–water partition coefficient (Wildman–Crippen LogP) is 7.54. The summed E-state index contributed by atoms with van der Waals surface area (Å²) in [5.41, 5.74) is 5.93. The minimum atomic E-state index is 0.626. The molecule has 0 spiro atoms. The lowest BCUT2D eigenvalue weighted by Crippen LogP contribution is -1.99. The zero-order valence-corrected chi connectivity index (χ0v) is 18.0. The second-order valence-electron chi connectivity index (χ2n) is 7.63. The summed E-state index contributed by atoms with van der Waals surface area (Å²) in [4.78, 5) is 9.47. The van der Waals surface area contributed by atoms with Crippen LogP contribution in [0.1, 0.15) is 11.1 Å². The molecule has 0 radical (unpaired) electrons. The molecule has 152 valence electrons. The Morgan fingerprint density at radius 2 is 1.19 bits per heavy atom. The van der Waals surface area contributed by atoms with Gasteiger partial charge in [-0.05, 0) is 67.4 Å². The van der Waals surface area contributed by atoms with Crippen molar-refractivity contribution < 1.29 is 0 Å². The molecule has 0 unspecified atom stereocenters. The zero-order valence-electron chi connectivity index (χ0n) is 17.3. The summed E-state index contributed by atoms with van der Waals surface area (Å²) >= 11 is 6.48. The number of nitrogens with zero attached hydrogens (tertiary/aromatic N) is 2. The fourth-order valence-electron chi connectivity index (χ4n) is 3.81. The summed E-state index contributed by atoms with van der Waals surface area (Å²) < 4.78 is 0. The molecule has 4 nitrogen and oxygen atoms in total. The third-order valence-corrected chi connectivity index (χ3v) is 5.68. The summed E-state index contributed by atoms with van der Waals surface area (Å²) in [6, 6.07) is 26.1. The maximum Gasteiger partial charge on any atom is 0.131 e. The number of fused-ring (bicyclic) bond motifs is 2. The highest BCUT2D eigenvalue weighted by molar-refractivity contribution is 6.33. The molecule has 5 heteroatoms. The van der Waals surface area contributed by atoms with Gasteiger partial charge in [-0.15, -0.1) is 0 Å². The predicted molar refractivity (Wildman–Crippen MR) is 131 cm³/mol. The van der Waals surface area contributed by atoms with Gasteiger partial charge in [0.05, 0.1) is 21.7 Å². The number of hydrogen-bond acceptors (Lipinski definition) is 4. The Balaban J connectivity index is 1.46. The van der Waals surface area contributed by atoms with Crippen molar-refractivity contribution >= 4 is 56.4 Å². The van der Waals surface area contributed by atoms with Crippen LogP contribution in [0.2, 0.25) is 5.02 Å². The molecule has 2 heterocycles. The van der Waals surface area contributed by atoms with Crippen LogP contribution in [-0.2, 0) is 0 Å². The van der Waals surface area contributed by atoms with E-state index >= 15 is 0 Å². The van der Waals surface area contributed by atoms with Gasteiger partial charge in [0, 0.05) is 16.5 Å². The molecule has 0 aliphatic carbocycles. The minimum absolute atomic E-state index is 0.626. The summed E-state index contributed by atoms with van der Waals surface area (Å²) in [5, 5.41) is 9.70. The topological polar surface area (TPSA) is 49.8 Å². The molecule has 2 N–H and O–H groups in total. The first-order valence-corrected chi connectivity index (χ1v) is 10.5. The number of benzene rings is 3. The van der Waals surface area contributed by atoms with E-state index in [9.17, 15) is 0 Å². The molecule has 0 aliphatic heterocycles. The monoisotopic (exact) mass is 424 g/mol. The summed E-state index contributed by atoms with van der Waals surface area (Å²) in [6.07, 6.45) is 0. The van der Waals surface area contributed by atoms with Crippen LogP contribution in [-0.4, -0.2) is 9.97 Å². The Morgan fingerprint density at radius 3 is 1.81 bits per heavy atom. The number of pyridine rings is 2. The highest BCUT2D eigenvalue weighted by atomic mass is 35.5. The summed E-state index contributed by atoms with van der Waals surface area (Å²) in [6.45, 7) is 4.18. The van der Waals surface area contributed by atoms with Gasteiger partial charge in [-0.2, -0.15) is 0 Å². The number of rotatable bonds is 4. The molecule has 2 aromatic heterocycles. The molecule has 0 aliphatic rings. The van der Waals surface area contributed by atoms with Gasteiger partial charge in [0.2, 0.25) is 0 Å². The van der Waals surface area contributed by atoms with Crippen molar-refractivity contribution in [3.63, 3.8) is 0 Å². The van der Waals surface area contributed by atoms with Crippen LogP contribution in [0.4, 0.5) is 23.0 Å². The van der Waals surface area contributed by atoms with E-state index in [1.165, 1.54) is 5.56 Å². The third kappa shape index (κ3) is 3.90. The fraction of sp³-hybridized carbons (Fsp3) is 0.0769. The van der Waals surface area contributed by atoms with Crippen LogP contribution in [0, 0.1) is 13.8 Å². The zero-order chi connectivity index (χ0) is 21.4. The van der Waals surface area contributed by atoms with E-state index in [4.69, 9.17) is 21.6 Å². The number of halogens is 1. The number of anilines is 4. The lowest BCUT2D eigenvalue weighted by Gasteiger charge is -2.13. The fourth-order valence-corrected chi connectivity index (χ4v) is 3.98. The molecule has 0 saturated carbocycles. The van der Waals surface area contributed by atoms with Crippen LogP contribution in [0.25, 0.3) is 21.8 Å². The van der Waals surface area contributed by atoms with E-state index in [2.05, 4.69) is 42.7 Å². The highest BCUT2D eigenvalue weighted by Gasteiger charge is 2.08. The van der Waals surface area contributed by atoms with E-state index in [1.807, 2.05) is 60.7 Å². The van der Waals surface area contributed by atoms with Crippen molar-refractivity contribution in [1.82, 2.24) is 9.97 Å². The molecular formula is C26H21ClN4. The second-order valence-corrected chi connectivity index (χ2v) is 8.03. The number of aromatic nitrogens is 2. The molecule has 0 amide bonds. The molecule has 0 bridgehead atoms. The minimum Gasteiger partial charge on any atom is -0.340 e. The average molecular weight is 425 g/mol. The molecule has 5 aromatic rings. The van der Waals surface area contributed by atoms with Crippen molar-refractivity contribution in [3.8, 4) is 0 Å². The Hall–Kier alpha value is -3.63. The first-order valence-electron chi connectivity index (χ1n) is 10.1. The van der Waals surface area contributed by atoms with Crippen molar-refractivity contribution in [2.24, 2.45) is 0 Å². The second kappa shape index (κ2) is 7.89. The number of nitrogens with one attached hydrogen (secondary N) is 2. The molecule has 0 atom stereocenters. The molecule has 3 aromatic carbocycles. The van der Waals surface area contributed by atoms with E-state index in [1.54, 1.807) is 0 Å². The van der Waals surface area contributed by atoms with Gasteiger partial charge >= 0.3 is 0 Å². The number of hydrogen-bond donors (Lipinski definition) is 2. The molecule has 5 rings (SSSR count). The third-order valence-electron chi connectivity index (χ3n) is 5.35. The van der Waals surface area contributed by atoms with Gasteiger partial charge in [0.25, 0.3) is 0 Å². The first-order chi connectivity index (χ1) is 15.1. The SMILES string of the molecule is Cc1cc(Nc2ccc(Cl)c(Nc3cc(C)c4ccccc4n3)c2)nc2ccccc12. The van der Waals surface area contributed by atoms with Crippen molar-refractivity contribution in [2.75, 3.05) is 10.6 Å². The Kier molecular flexibility index (Phi) is 4.92. The Labute approximate surface area is 185 Å². The Morgan fingerprint density at radius 1 is 0.645 bits per heavy atom. The van der Waals surface area contributed by atoms with Gasteiger partial charge in [-0.3, -0.25) is 0 Å².